The van der Waals surface area contributed by atoms with Crippen LogP contribution in [0.1, 0.15) is 50.3 Å². The third kappa shape index (κ3) is 2.91. The summed E-state index contributed by atoms with van der Waals surface area (Å²) in [5.74, 6) is 2.31. The molecule has 0 unspecified atom stereocenters. The topological polar surface area (TPSA) is 41.0 Å². The molecule has 0 radical (unpaired) electrons. The fourth-order valence-corrected chi connectivity index (χ4v) is 3.31. The summed E-state index contributed by atoms with van der Waals surface area (Å²) in [6.45, 7) is 0.928. The Bertz CT molecular complexity index is 479. The van der Waals surface area contributed by atoms with Crippen molar-refractivity contribution < 1.29 is 0 Å². The second-order valence-corrected chi connectivity index (χ2v) is 6.78. The molecule has 0 aliphatic heterocycles. The molecule has 110 valence electrons. The molecule has 2 aliphatic rings. The van der Waals surface area contributed by atoms with E-state index < -0.39 is 0 Å². The van der Waals surface area contributed by atoms with Gasteiger partial charge in [-0.05, 0) is 39.8 Å². The van der Waals surface area contributed by atoms with Crippen LogP contribution in [0.3, 0.4) is 0 Å². The lowest BCUT2D eigenvalue weighted by Crippen LogP contribution is -2.47. The van der Waals surface area contributed by atoms with E-state index in [-0.39, 0.29) is 5.54 Å². The van der Waals surface area contributed by atoms with Gasteiger partial charge >= 0.3 is 0 Å². The predicted octanol–water partition coefficient (Wildman–Crippen LogP) is 3.29. The summed E-state index contributed by atoms with van der Waals surface area (Å²) in [4.78, 5) is 11.3. The summed E-state index contributed by atoms with van der Waals surface area (Å²) in [5.41, 5.74) is 0.261. The van der Waals surface area contributed by atoms with Crippen LogP contribution in [0.2, 0.25) is 5.15 Å². The van der Waals surface area contributed by atoms with Crippen molar-refractivity contribution in [2.45, 2.75) is 50.0 Å². The van der Waals surface area contributed by atoms with Crippen LogP contribution in [-0.2, 0) is 0 Å². The minimum absolute atomic E-state index is 0.261. The first-order valence-electron chi connectivity index (χ1n) is 7.55. The van der Waals surface area contributed by atoms with E-state index in [1.165, 1.54) is 38.5 Å². The lowest BCUT2D eigenvalue weighted by Gasteiger charge is -2.36. The van der Waals surface area contributed by atoms with E-state index in [1.54, 1.807) is 0 Å². The Hall–Kier alpha value is -0.870. The Morgan fingerprint density at radius 1 is 1.30 bits per heavy atom. The fraction of sp³-hybridized carbons (Fsp3) is 0.733. The minimum atomic E-state index is 0.261. The molecule has 20 heavy (non-hydrogen) atoms. The first-order chi connectivity index (χ1) is 9.59. The number of nitrogens with one attached hydrogen (secondary N) is 1. The highest BCUT2D eigenvalue weighted by molar-refractivity contribution is 6.29. The van der Waals surface area contributed by atoms with Crippen molar-refractivity contribution >= 4 is 17.4 Å². The molecule has 1 aromatic rings. The zero-order valence-electron chi connectivity index (χ0n) is 12.3. The molecule has 1 heterocycles. The summed E-state index contributed by atoms with van der Waals surface area (Å²) in [7, 11) is 4.35. The van der Waals surface area contributed by atoms with Gasteiger partial charge in [-0.25, -0.2) is 9.97 Å². The normalized spacial score (nSPS) is 21.4. The second kappa shape index (κ2) is 5.49. The molecule has 0 bridgehead atoms. The van der Waals surface area contributed by atoms with E-state index in [4.69, 9.17) is 11.6 Å². The first kappa shape index (κ1) is 14.1. The molecule has 0 spiro atoms. The van der Waals surface area contributed by atoms with Gasteiger partial charge in [0.05, 0.1) is 0 Å². The van der Waals surface area contributed by atoms with E-state index >= 15 is 0 Å². The molecule has 0 atom stereocenters. The average Bonchev–Trinajstić information content (AvgIpc) is 3.14. The quantitative estimate of drug-likeness (QED) is 0.846. The molecular formula is C15H23ClN4. The number of anilines is 1. The largest absolute Gasteiger partial charge is 0.368 e. The predicted molar refractivity (Wildman–Crippen MR) is 82.4 cm³/mol. The van der Waals surface area contributed by atoms with Crippen LogP contribution < -0.4 is 5.32 Å². The minimum Gasteiger partial charge on any atom is -0.368 e. The van der Waals surface area contributed by atoms with Gasteiger partial charge in [-0.15, -0.1) is 0 Å². The third-order valence-corrected chi connectivity index (χ3v) is 4.93. The van der Waals surface area contributed by atoms with Crippen LogP contribution in [-0.4, -0.2) is 41.0 Å². The lowest BCUT2D eigenvalue weighted by molar-refractivity contribution is 0.172. The van der Waals surface area contributed by atoms with Crippen LogP contribution in [0.25, 0.3) is 0 Å². The van der Waals surface area contributed by atoms with E-state index in [9.17, 15) is 0 Å². The fourth-order valence-electron chi connectivity index (χ4n) is 3.12. The Labute approximate surface area is 125 Å². The van der Waals surface area contributed by atoms with Crippen molar-refractivity contribution in [3.8, 4) is 0 Å². The van der Waals surface area contributed by atoms with Crippen molar-refractivity contribution in [1.29, 1.82) is 0 Å². The van der Waals surface area contributed by atoms with Gasteiger partial charge in [0.1, 0.15) is 16.8 Å². The van der Waals surface area contributed by atoms with E-state index in [1.807, 2.05) is 6.07 Å². The van der Waals surface area contributed by atoms with E-state index in [0.717, 1.165) is 18.2 Å². The maximum Gasteiger partial charge on any atom is 0.135 e. The van der Waals surface area contributed by atoms with Crippen molar-refractivity contribution in [3.63, 3.8) is 0 Å². The number of likely N-dealkylation sites (N-methyl/N-ethyl adjacent to an activating group) is 1. The van der Waals surface area contributed by atoms with Gasteiger partial charge in [-0.1, -0.05) is 24.4 Å². The Kier molecular flexibility index (Phi) is 3.87. The molecule has 0 amide bonds. The van der Waals surface area contributed by atoms with Crippen LogP contribution in [0.4, 0.5) is 5.82 Å². The molecule has 1 N–H and O–H groups in total. The van der Waals surface area contributed by atoms with Gasteiger partial charge in [-0.3, -0.25) is 0 Å². The molecule has 4 nitrogen and oxygen atoms in total. The van der Waals surface area contributed by atoms with Crippen molar-refractivity contribution in [1.82, 2.24) is 14.9 Å². The highest BCUT2D eigenvalue weighted by atomic mass is 35.5. The summed E-state index contributed by atoms with van der Waals surface area (Å²) >= 11 is 6.11. The number of hydrogen-bond acceptors (Lipinski definition) is 4. The number of nitrogens with zero attached hydrogens (tertiary/aromatic N) is 3. The van der Waals surface area contributed by atoms with Crippen molar-refractivity contribution in [2.24, 2.45) is 0 Å². The molecule has 5 heteroatoms. The first-order valence-corrected chi connectivity index (χ1v) is 7.93. The smallest absolute Gasteiger partial charge is 0.135 e. The SMILES string of the molecule is CN(C)C1(CNc2cc(Cl)nc(C3CC3)n2)CCCC1. The molecule has 0 aromatic carbocycles. The highest BCUT2D eigenvalue weighted by Crippen LogP contribution is 2.39. The highest BCUT2D eigenvalue weighted by Gasteiger charge is 2.36. The third-order valence-electron chi connectivity index (χ3n) is 4.74. The summed E-state index contributed by atoms with van der Waals surface area (Å²) in [6.07, 6.45) is 7.53. The van der Waals surface area contributed by atoms with Gasteiger partial charge < -0.3 is 10.2 Å². The van der Waals surface area contributed by atoms with Gasteiger partial charge in [0.2, 0.25) is 0 Å². The standard InChI is InChI=1S/C15H23ClN4/c1-20(2)15(7-3-4-8-15)10-17-13-9-12(16)18-14(19-13)11-5-6-11/h9,11H,3-8,10H2,1-2H3,(H,17,18,19). The summed E-state index contributed by atoms with van der Waals surface area (Å²) in [5, 5.41) is 4.05. The Balaban J connectivity index is 1.71. The van der Waals surface area contributed by atoms with Crippen molar-refractivity contribution in [3.05, 3.63) is 17.0 Å². The number of aromatic nitrogens is 2. The van der Waals surface area contributed by atoms with Crippen LogP contribution in [0.5, 0.6) is 0 Å². The molecule has 1 aromatic heterocycles. The van der Waals surface area contributed by atoms with Crippen LogP contribution in [0, 0.1) is 0 Å². The molecular weight excluding hydrogens is 272 g/mol. The lowest BCUT2D eigenvalue weighted by atomic mass is 9.96. The zero-order valence-corrected chi connectivity index (χ0v) is 13.1. The van der Waals surface area contributed by atoms with Gasteiger partial charge in [0, 0.05) is 24.1 Å². The second-order valence-electron chi connectivity index (χ2n) is 6.39. The number of hydrogen-bond donors (Lipinski definition) is 1. The molecule has 3 rings (SSSR count). The van der Waals surface area contributed by atoms with Gasteiger partial charge in [0.15, 0.2) is 0 Å². The van der Waals surface area contributed by atoms with Crippen LogP contribution >= 0.6 is 11.6 Å². The summed E-state index contributed by atoms with van der Waals surface area (Å²) < 4.78 is 0. The molecule has 0 saturated heterocycles. The number of halogens is 1. The summed E-state index contributed by atoms with van der Waals surface area (Å²) in [6, 6.07) is 1.84. The zero-order chi connectivity index (χ0) is 14.2. The maximum absolute atomic E-state index is 6.11. The molecule has 2 saturated carbocycles. The van der Waals surface area contributed by atoms with E-state index in [0.29, 0.717) is 11.1 Å². The monoisotopic (exact) mass is 294 g/mol. The molecule has 2 fully saturated rings. The number of rotatable bonds is 5. The van der Waals surface area contributed by atoms with Crippen LogP contribution in [0.15, 0.2) is 6.07 Å². The van der Waals surface area contributed by atoms with E-state index in [2.05, 4.69) is 34.3 Å². The Morgan fingerprint density at radius 3 is 2.60 bits per heavy atom. The molecule has 2 aliphatic carbocycles. The maximum atomic E-state index is 6.11. The average molecular weight is 295 g/mol. The van der Waals surface area contributed by atoms with Gasteiger partial charge in [-0.2, -0.15) is 0 Å². The van der Waals surface area contributed by atoms with Crippen molar-refractivity contribution in [2.75, 3.05) is 26.0 Å². The Morgan fingerprint density at radius 2 is 2.00 bits per heavy atom. The van der Waals surface area contributed by atoms with Gasteiger partial charge in [0.25, 0.3) is 0 Å².